The van der Waals surface area contributed by atoms with Gasteiger partial charge in [0, 0.05) is 24.6 Å². The topological polar surface area (TPSA) is 101 Å². The second kappa shape index (κ2) is 12.1. The summed E-state index contributed by atoms with van der Waals surface area (Å²) in [7, 11) is 0. The summed E-state index contributed by atoms with van der Waals surface area (Å²) in [6.45, 7) is 1.93. The second-order valence-electron chi connectivity index (χ2n) is 9.96. The van der Waals surface area contributed by atoms with E-state index in [1.165, 1.54) is 6.42 Å². The van der Waals surface area contributed by atoms with Gasteiger partial charge in [-0.3, -0.25) is 14.9 Å². The Morgan fingerprint density at radius 3 is 2.66 bits per heavy atom. The van der Waals surface area contributed by atoms with Gasteiger partial charge >= 0.3 is 5.97 Å². The molecule has 0 unspecified atom stereocenters. The van der Waals surface area contributed by atoms with Crippen LogP contribution in [0.2, 0.25) is 0 Å². The Hall–Kier alpha value is -3.88. The van der Waals surface area contributed by atoms with E-state index in [2.05, 4.69) is 10.3 Å². The smallest absolute Gasteiger partial charge is 0.338 e. The summed E-state index contributed by atoms with van der Waals surface area (Å²) >= 11 is 0. The minimum Gasteiger partial charge on any atom is -0.494 e. The molecule has 9 heteroatoms. The number of rotatable bonds is 10. The highest BCUT2D eigenvalue weighted by Gasteiger charge is 2.29. The number of hydrogen-bond acceptors (Lipinski definition) is 7. The first-order valence-electron chi connectivity index (χ1n) is 13.5. The monoisotopic (exact) mass is 518 g/mol. The molecule has 1 saturated heterocycles. The van der Waals surface area contributed by atoms with E-state index in [0.29, 0.717) is 50.6 Å². The Kier molecular flexibility index (Phi) is 8.21. The maximum Gasteiger partial charge on any atom is 0.338 e. The minimum absolute atomic E-state index is 0.0469. The highest BCUT2D eigenvalue weighted by molar-refractivity contribution is 6.05. The Morgan fingerprint density at radius 1 is 1.03 bits per heavy atom. The average Bonchev–Trinajstić information content (AvgIpc) is 3.31. The van der Waals surface area contributed by atoms with Crippen LogP contribution in [0.1, 0.15) is 60.9 Å². The van der Waals surface area contributed by atoms with Crippen molar-refractivity contribution >= 4 is 29.4 Å². The van der Waals surface area contributed by atoms with Gasteiger partial charge in [-0.1, -0.05) is 37.5 Å². The summed E-state index contributed by atoms with van der Waals surface area (Å²) in [5.74, 6) is 0.996. The van der Waals surface area contributed by atoms with Crippen LogP contribution in [-0.4, -0.2) is 65.9 Å². The van der Waals surface area contributed by atoms with E-state index < -0.39 is 0 Å². The van der Waals surface area contributed by atoms with Crippen molar-refractivity contribution in [2.75, 3.05) is 26.3 Å². The molecule has 2 aromatic carbocycles. The average molecular weight is 519 g/mol. The van der Waals surface area contributed by atoms with Crippen LogP contribution in [0.25, 0.3) is 0 Å². The van der Waals surface area contributed by atoms with Gasteiger partial charge in [0.15, 0.2) is 0 Å². The molecule has 0 aromatic heterocycles. The van der Waals surface area contributed by atoms with Gasteiger partial charge in [-0.2, -0.15) is 0 Å². The molecule has 200 valence electrons. The normalized spacial score (nSPS) is 16.7. The molecule has 2 aliphatic heterocycles. The predicted octanol–water partition coefficient (Wildman–Crippen LogP) is 3.80. The quantitative estimate of drug-likeness (QED) is 0.379. The number of nitrogens with zero attached hydrogens (tertiary/aromatic N) is 3. The van der Waals surface area contributed by atoms with Gasteiger partial charge in [0.2, 0.25) is 17.8 Å². The number of esters is 1. The van der Waals surface area contributed by atoms with Gasteiger partial charge in [-0.05, 0) is 49.6 Å². The number of aliphatic imine (C=N–C) groups is 1. The number of nitrogens with one attached hydrogen (secondary N) is 1. The number of ether oxygens (including phenoxy) is 2. The van der Waals surface area contributed by atoms with E-state index in [-0.39, 0.29) is 30.4 Å². The fraction of sp³-hybridized carbons (Fsp3) is 0.448. The zero-order chi connectivity index (χ0) is 26.3. The van der Waals surface area contributed by atoms with Crippen molar-refractivity contribution in [2.24, 2.45) is 4.99 Å². The van der Waals surface area contributed by atoms with E-state index >= 15 is 0 Å². The van der Waals surface area contributed by atoms with Crippen LogP contribution in [-0.2, 0) is 20.9 Å². The number of guanidine groups is 1. The molecule has 9 nitrogen and oxygen atoms in total. The Labute approximate surface area is 222 Å². The molecule has 0 atom stereocenters. The van der Waals surface area contributed by atoms with Gasteiger partial charge in [0.05, 0.1) is 24.4 Å². The number of fused-ring (bicyclic) bond motifs is 2. The van der Waals surface area contributed by atoms with Crippen LogP contribution in [0.3, 0.4) is 0 Å². The van der Waals surface area contributed by atoms with Gasteiger partial charge in [-0.25, -0.2) is 9.79 Å². The first kappa shape index (κ1) is 25.8. The standard InChI is InChI=1S/C29H34N4O5/c34-26-20-32-19-22-18-24(13-14-25(22)30-29(32)31-26)37-16-7-12-27(35)33(23-10-5-2-6-11-23)15-17-38-28(36)21-8-3-1-4-9-21/h1,3-4,8-9,13-14,18,23H,2,5-7,10-12,15-17,19-20H2,(H,30,31,34). The highest BCUT2D eigenvalue weighted by atomic mass is 16.5. The lowest BCUT2D eigenvalue weighted by Gasteiger charge is -2.34. The molecule has 3 aliphatic rings. The molecule has 2 heterocycles. The van der Waals surface area contributed by atoms with Crippen LogP contribution in [0.4, 0.5) is 5.69 Å². The second-order valence-corrected chi connectivity index (χ2v) is 9.96. The molecule has 0 radical (unpaired) electrons. The van der Waals surface area contributed by atoms with E-state index in [1.807, 2.05) is 34.1 Å². The maximum absolute atomic E-state index is 13.2. The molecule has 2 amide bonds. The summed E-state index contributed by atoms with van der Waals surface area (Å²) in [4.78, 5) is 45.5. The van der Waals surface area contributed by atoms with Gasteiger partial charge in [0.1, 0.15) is 18.9 Å². The lowest BCUT2D eigenvalue weighted by Crippen LogP contribution is -2.43. The summed E-state index contributed by atoms with van der Waals surface area (Å²) < 4.78 is 11.4. The Bertz CT molecular complexity index is 1190. The molecule has 1 N–H and O–H groups in total. The summed E-state index contributed by atoms with van der Waals surface area (Å²) in [6.07, 6.45) is 6.39. The molecule has 5 rings (SSSR count). The SMILES string of the molecule is O=C1CN2Cc3cc(OCCCC(=O)N(CCOC(=O)c4ccccc4)C4CCCCC4)ccc3N=C2N1. The third kappa shape index (κ3) is 6.33. The Morgan fingerprint density at radius 2 is 1.84 bits per heavy atom. The zero-order valence-corrected chi connectivity index (χ0v) is 21.6. The molecule has 0 bridgehead atoms. The van der Waals surface area contributed by atoms with Crippen molar-refractivity contribution in [1.29, 1.82) is 0 Å². The van der Waals surface area contributed by atoms with Gasteiger partial charge in [0.25, 0.3) is 0 Å². The van der Waals surface area contributed by atoms with Crippen molar-refractivity contribution in [3.05, 3.63) is 59.7 Å². The summed E-state index contributed by atoms with van der Waals surface area (Å²) in [6, 6.07) is 14.8. The van der Waals surface area contributed by atoms with Crippen LogP contribution >= 0.6 is 0 Å². The van der Waals surface area contributed by atoms with Crippen LogP contribution in [0, 0.1) is 0 Å². The zero-order valence-electron chi connectivity index (χ0n) is 21.6. The van der Waals surface area contributed by atoms with Crippen LogP contribution in [0.15, 0.2) is 53.5 Å². The van der Waals surface area contributed by atoms with Crippen molar-refractivity contribution in [1.82, 2.24) is 15.1 Å². The van der Waals surface area contributed by atoms with Crippen LogP contribution in [0.5, 0.6) is 5.75 Å². The molecular weight excluding hydrogens is 484 g/mol. The number of amides is 2. The molecule has 38 heavy (non-hydrogen) atoms. The third-order valence-corrected chi connectivity index (χ3v) is 7.24. The van der Waals surface area contributed by atoms with Crippen molar-refractivity contribution in [3.63, 3.8) is 0 Å². The van der Waals surface area contributed by atoms with E-state index in [0.717, 1.165) is 42.7 Å². The minimum atomic E-state index is -0.366. The molecule has 2 fully saturated rings. The predicted molar refractivity (Wildman–Crippen MR) is 142 cm³/mol. The molecule has 0 spiro atoms. The number of carbonyl (C=O) groups is 3. The Balaban J connectivity index is 1.10. The third-order valence-electron chi connectivity index (χ3n) is 7.24. The van der Waals surface area contributed by atoms with Crippen molar-refractivity contribution < 1.29 is 23.9 Å². The molecule has 1 aliphatic carbocycles. The molecular formula is C29H34N4O5. The summed E-state index contributed by atoms with van der Waals surface area (Å²) in [5, 5.41) is 2.77. The summed E-state index contributed by atoms with van der Waals surface area (Å²) in [5.41, 5.74) is 2.35. The van der Waals surface area contributed by atoms with Crippen molar-refractivity contribution in [3.8, 4) is 5.75 Å². The molecule has 1 saturated carbocycles. The number of hydrogen-bond donors (Lipinski definition) is 1. The van der Waals surface area contributed by atoms with Crippen LogP contribution < -0.4 is 10.1 Å². The van der Waals surface area contributed by atoms with E-state index in [1.54, 1.807) is 24.3 Å². The highest BCUT2D eigenvalue weighted by Crippen LogP contribution is 2.30. The van der Waals surface area contributed by atoms with E-state index in [9.17, 15) is 14.4 Å². The number of benzene rings is 2. The first-order chi connectivity index (χ1) is 18.6. The van der Waals surface area contributed by atoms with Gasteiger partial charge in [-0.15, -0.1) is 0 Å². The van der Waals surface area contributed by atoms with Gasteiger partial charge < -0.3 is 19.3 Å². The number of carbonyl (C=O) groups excluding carboxylic acids is 3. The van der Waals surface area contributed by atoms with Crippen molar-refractivity contribution in [2.45, 2.75) is 57.5 Å². The van der Waals surface area contributed by atoms with E-state index in [4.69, 9.17) is 9.47 Å². The fourth-order valence-electron chi connectivity index (χ4n) is 5.28. The lowest BCUT2D eigenvalue weighted by molar-refractivity contribution is -0.135. The largest absolute Gasteiger partial charge is 0.494 e. The fourth-order valence-corrected chi connectivity index (χ4v) is 5.28. The molecule has 2 aromatic rings. The maximum atomic E-state index is 13.2. The lowest BCUT2D eigenvalue weighted by atomic mass is 9.94. The first-order valence-corrected chi connectivity index (χ1v) is 13.5.